The summed E-state index contributed by atoms with van der Waals surface area (Å²) in [6, 6.07) is 8.51. The lowest BCUT2D eigenvalue weighted by Crippen LogP contribution is -2.41. The van der Waals surface area contributed by atoms with Crippen LogP contribution in [-0.4, -0.2) is 41.2 Å². The van der Waals surface area contributed by atoms with E-state index in [1.54, 1.807) is 0 Å². The van der Waals surface area contributed by atoms with Crippen molar-refractivity contribution >= 4 is 16.5 Å². The molecule has 0 bridgehead atoms. The first kappa shape index (κ1) is 12.5. The molecular formula is C16H20N2O. The SMILES string of the molecule is CC1C=C(c2cccc3cc[nH]c23)C(CO)N(C)C1. The molecule has 0 amide bonds. The third kappa shape index (κ3) is 2.09. The minimum atomic E-state index is 0.0881. The maximum Gasteiger partial charge on any atom is 0.0628 e. The Balaban J connectivity index is 2.15. The Labute approximate surface area is 113 Å². The maximum atomic E-state index is 9.71. The van der Waals surface area contributed by atoms with Gasteiger partial charge in [0.05, 0.1) is 18.2 Å². The number of benzene rings is 1. The Kier molecular flexibility index (Phi) is 3.17. The molecule has 0 radical (unpaired) electrons. The predicted molar refractivity (Wildman–Crippen MR) is 78.9 cm³/mol. The first-order chi connectivity index (χ1) is 9.20. The van der Waals surface area contributed by atoms with Gasteiger partial charge in [0.25, 0.3) is 0 Å². The number of para-hydroxylation sites is 1. The molecule has 0 saturated heterocycles. The fraction of sp³-hybridized carbons (Fsp3) is 0.375. The zero-order chi connectivity index (χ0) is 13.4. The van der Waals surface area contributed by atoms with Crippen LogP contribution in [-0.2, 0) is 0 Å². The van der Waals surface area contributed by atoms with Crippen molar-refractivity contribution in [3.05, 3.63) is 42.1 Å². The topological polar surface area (TPSA) is 39.3 Å². The second-order valence-electron chi connectivity index (χ2n) is 5.48. The first-order valence-corrected chi connectivity index (χ1v) is 6.80. The van der Waals surface area contributed by atoms with Gasteiger partial charge >= 0.3 is 0 Å². The Morgan fingerprint density at radius 2 is 2.21 bits per heavy atom. The van der Waals surface area contributed by atoms with Gasteiger partial charge in [0, 0.05) is 18.3 Å². The lowest BCUT2D eigenvalue weighted by Gasteiger charge is -2.35. The van der Waals surface area contributed by atoms with Gasteiger partial charge in [-0.25, -0.2) is 0 Å². The van der Waals surface area contributed by atoms with Crippen LogP contribution < -0.4 is 0 Å². The van der Waals surface area contributed by atoms with Gasteiger partial charge in [-0.3, -0.25) is 4.90 Å². The average Bonchev–Trinajstić information content (AvgIpc) is 2.85. The number of fused-ring (bicyclic) bond motifs is 1. The van der Waals surface area contributed by atoms with Crippen molar-refractivity contribution in [3.8, 4) is 0 Å². The molecule has 1 aromatic carbocycles. The second-order valence-corrected chi connectivity index (χ2v) is 5.48. The molecule has 3 heteroatoms. The molecular weight excluding hydrogens is 236 g/mol. The van der Waals surface area contributed by atoms with Crippen molar-refractivity contribution in [2.45, 2.75) is 13.0 Å². The normalized spacial score (nSPS) is 24.7. The smallest absolute Gasteiger partial charge is 0.0628 e. The third-order valence-electron chi connectivity index (χ3n) is 4.00. The molecule has 1 aromatic heterocycles. The van der Waals surface area contributed by atoms with E-state index < -0.39 is 0 Å². The highest BCUT2D eigenvalue weighted by atomic mass is 16.3. The summed E-state index contributed by atoms with van der Waals surface area (Å²) in [6.45, 7) is 3.38. The molecule has 0 aliphatic carbocycles. The maximum absolute atomic E-state index is 9.71. The summed E-state index contributed by atoms with van der Waals surface area (Å²) in [6.07, 6.45) is 4.27. The van der Waals surface area contributed by atoms with E-state index in [4.69, 9.17) is 0 Å². The van der Waals surface area contributed by atoms with Crippen LogP contribution in [0.5, 0.6) is 0 Å². The summed E-state index contributed by atoms with van der Waals surface area (Å²) < 4.78 is 0. The minimum absolute atomic E-state index is 0.0881. The Bertz CT molecular complexity index is 614. The number of nitrogens with one attached hydrogen (secondary N) is 1. The van der Waals surface area contributed by atoms with Crippen LogP contribution in [0.3, 0.4) is 0 Å². The number of aliphatic hydroxyl groups is 1. The van der Waals surface area contributed by atoms with Gasteiger partial charge < -0.3 is 10.1 Å². The Hall–Kier alpha value is -1.58. The molecule has 2 atom stereocenters. The van der Waals surface area contributed by atoms with Gasteiger partial charge in [0.1, 0.15) is 0 Å². The number of aromatic amines is 1. The van der Waals surface area contributed by atoms with Gasteiger partial charge in [-0.1, -0.05) is 31.2 Å². The van der Waals surface area contributed by atoms with Crippen molar-refractivity contribution in [3.63, 3.8) is 0 Å². The molecule has 0 saturated carbocycles. The van der Waals surface area contributed by atoms with Crippen LogP contribution in [0, 0.1) is 5.92 Å². The van der Waals surface area contributed by atoms with E-state index >= 15 is 0 Å². The summed E-state index contributed by atoms with van der Waals surface area (Å²) >= 11 is 0. The van der Waals surface area contributed by atoms with Crippen molar-refractivity contribution in [2.75, 3.05) is 20.2 Å². The number of aliphatic hydroxyl groups excluding tert-OH is 1. The van der Waals surface area contributed by atoms with E-state index in [0.717, 1.165) is 12.1 Å². The molecule has 2 unspecified atom stereocenters. The monoisotopic (exact) mass is 256 g/mol. The molecule has 19 heavy (non-hydrogen) atoms. The molecule has 100 valence electrons. The van der Waals surface area contributed by atoms with Crippen LogP contribution in [0.25, 0.3) is 16.5 Å². The van der Waals surface area contributed by atoms with Gasteiger partial charge in [0.2, 0.25) is 0 Å². The number of aromatic nitrogens is 1. The summed E-state index contributed by atoms with van der Waals surface area (Å²) in [7, 11) is 2.08. The fourth-order valence-electron chi connectivity index (χ4n) is 3.12. The molecule has 1 aliphatic heterocycles. The number of hydrogen-bond donors (Lipinski definition) is 2. The van der Waals surface area contributed by atoms with E-state index in [1.807, 2.05) is 6.20 Å². The summed E-state index contributed by atoms with van der Waals surface area (Å²) in [4.78, 5) is 5.56. The molecule has 1 aliphatic rings. The number of nitrogens with zero attached hydrogens (tertiary/aromatic N) is 1. The molecule has 2 heterocycles. The highest BCUT2D eigenvalue weighted by molar-refractivity contribution is 5.92. The van der Waals surface area contributed by atoms with Crippen LogP contribution in [0.1, 0.15) is 12.5 Å². The number of rotatable bonds is 2. The molecule has 2 N–H and O–H groups in total. The zero-order valence-electron chi connectivity index (χ0n) is 11.4. The average molecular weight is 256 g/mol. The van der Waals surface area contributed by atoms with E-state index in [9.17, 15) is 5.11 Å². The fourth-order valence-corrected chi connectivity index (χ4v) is 3.12. The van der Waals surface area contributed by atoms with Crippen molar-refractivity contribution < 1.29 is 5.11 Å². The van der Waals surface area contributed by atoms with E-state index in [0.29, 0.717) is 5.92 Å². The van der Waals surface area contributed by atoms with Crippen molar-refractivity contribution in [2.24, 2.45) is 5.92 Å². The zero-order valence-corrected chi connectivity index (χ0v) is 11.4. The lowest BCUT2D eigenvalue weighted by atomic mass is 9.89. The van der Waals surface area contributed by atoms with Gasteiger partial charge in [-0.05, 0) is 30.0 Å². The summed E-state index contributed by atoms with van der Waals surface area (Å²) in [5.41, 5.74) is 3.60. The summed E-state index contributed by atoms with van der Waals surface area (Å²) in [5, 5.41) is 10.9. The van der Waals surface area contributed by atoms with Crippen molar-refractivity contribution in [1.82, 2.24) is 9.88 Å². The van der Waals surface area contributed by atoms with Gasteiger partial charge in [-0.15, -0.1) is 0 Å². The molecule has 3 nitrogen and oxygen atoms in total. The quantitative estimate of drug-likeness (QED) is 0.866. The van der Waals surface area contributed by atoms with E-state index in [2.05, 4.69) is 54.2 Å². The predicted octanol–water partition coefficient (Wildman–Crippen LogP) is 2.49. The second kappa shape index (κ2) is 4.83. The molecule has 3 rings (SSSR count). The Morgan fingerprint density at radius 3 is 3.00 bits per heavy atom. The third-order valence-corrected chi connectivity index (χ3v) is 4.00. The van der Waals surface area contributed by atoms with Crippen LogP contribution in [0.2, 0.25) is 0 Å². The number of H-pyrrole nitrogens is 1. The van der Waals surface area contributed by atoms with Gasteiger partial charge in [-0.2, -0.15) is 0 Å². The minimum Gasteiger partial charge on any atom is -0.394 e. The Morgan fingerprint density at radius 1 is 1.37 bits per heavy atom. The summed E-state index contributed by atoms with van der Waals surface area (Å²) in [5.74, 6) is 0.507. The van der Waals surface area contributed by atoms with Crippen LogP contribution in [0.4, 0.5) is 0 Å². The highest BCUT2D eigenvalue weighted by Crippen LogP contribution is 2.32. The van der Waals surface area contributed by atoms with Crippen molar-refractivity contribution in [1.29, 1.82) is 0 Å². The largest absolute Gasteiger partial charge is 0.394 e. The van der Waals surface area contributed by atoms with Gasteiger partial charge in [0.15, 0.2) is 0 Å². The van der Waals surface area contributed by atoms with E-state index in [1.165, 1.54) is 16.5 Å². The van der Waals surface area contributed by atoms with Crippen LogP contribution in [0.15, 0.2) is 36.5 Å². The molecule has 0 spiro atoms. The molecule has 0 fully saturated rings. The standard InChI is InChI=1S/C16H20N2O/c1-11-8-14(15(10-19)18(2)9-11)13-5-3-4-12-6-7-17-16(12)13/h3-8,11,15,17,19H,9-10H2,1-2H3. The van der Waals surface area contributed by atoms with E-state index in [-0.39, 0.29) is 12.6 Å². The highest BCUT2D eigenvalue weighted by Gasteiger charge is 2.26. The number of hydrogen-bond acceptors (Lipinski definition) is 2. The first-order valence-electron chi connectivity index (χ1n) is 6.80. The lowest BCUT2D eigenvalue weighted by molar-refractivity contribution is 0.167. The molecule has 2 aromatic rings. The number of likely N-dealkylation sites (N-methyl/N-ethyl adjacent to an activating group) is 1. The van der Waals surface area contributed by atoms with Crippen LogP contribution >= 0.6 is 0 Å².